The van der Waals surface area contributed by atoms with Crippen LogP contribution in [0, 0.1) is 46.3 Å². The molecule has 0 aromatic carbocycles. The summed E-state index contributed by atoms with van der Waals surface area (Å²) >= 11 is 0. The lowest BCUT2D eigenvalue weighted by molar-refractivity contribution is -0.0720. The Kier molecular flexibility index (Phi) is 6.21. The Morgan fingerprint density at radius 1 is 1.00 bits per heavy atom. The summed E-state index contributed by atoms with van der Waals surface area (Å²) in [6.45, 7) is 14.5. The van der Waals surface area contributed by atoms with Crippen molar-refractivity contribution in [1.82, 2.24) is 0 Å². The highest BCUT2D eigenvalue weighted by Gasteiger charge is 2.56. The van der Waals surface area contributed by atoms with E-state index in [-0.39, 0.29) is 11.5 Å². The summed E-state index contributed by atoms with van der Waals surface area (Å²) in [7, 11) is 0. The first-order valence-corrected chi connectivity index (χ1v) is 12.9. The van der Waals surface area contributed by atoms with Gasteiger partial charge in [0, 0.05) is 11.3 Å². The van der Waals surface area contributed by atoms with Gasteiger partial charge in [0.25, 0.3) is 0 Å². The Labute approximate surface area is 185 Å². The first-order valence-electron chi connectivity index (χ1n) is 12.9. The van der Waals surface area contributed by atoms with Crippen molar-refractivity contribution >= 4 is 0 Å². The van der Waals surface area contributed by atoms with Gasteiger partial charge in [-0.15, -0.1) is 0 Å². The van der Waals surface area contributed by atoms with Gasteiger partial charge >= 0.3 is 0 Å². The smallest absolute Gasteiger partial charge is 0.104 e. The predicted molar refractivity (Wildman–Crippen MR) is 125 cm³/mol. The van der Waals surface area contributed by atoms with Gasteiger partial charge in [-0.1, -0.05) is 53.7 Å². The maximum absolute atomic E-state index is 10.3. The number of hydrogen-bond acceptors (Lipinski definition) is 2. The molecule has 0 aromatic rings. The van der Waals surface area contributed by atoms with Crippen LogP contribution in [0.25, 0.3) is 0 Å². The van der Waals surface area contributed by atoms with Crippen molar-refractivity contribution in [3.8, 4) is 0 Å². The van der Waals surface area contributed by atoms with Crippen molar-refractivity contribution in [2.75, 3.05) is 0 Å². The highest BCUT2D eigenvalue weighted by Crippen LogP contribution is 2.61. The molecule has 2 heterocycles. The normalized spacial score (nSPS) is 45.7. The number of aliphatic hydroxyl groups is 1. The highest BCUT2D eigenvalue weighted by molar-refractivity contribution is 5.18. The van der Waals surface area contributed by atoms with Crippen LogP contribution in [0.4, 0.5) is 0 Å². The van der Waals surface area contributed by atoms with Gasteiger partial charge in [-0.3, -0.25) is 0 Å². The van der Waals surface area contributed by atoms with Gasteiger partial charge in [0.15, 0.2) is 0 Å². The number of rotatable bonds is 4. The van der Waals surface area contributed by atoms with E-state index >= 15 is 0 Å². The molecule has 9 atom stereocenters. The van der Waals surface area contributed by atoms with E-state index in [0.29, 0.717) is 41.1 Å². The van der Waals surface area contributed by atoms with Crippen LogP contribution in [-0.4, -0.2) is 17.3 Å². The molecular weight excluding hydrogens is 368 g/mol. The summed E-state index contributed by atoms with van der Waals surface area (Å²) in [6, 6.07) is 0. The maximum atomic E-state index is 10.3. The molecule has 0 unspecified atom stereocenters. The molecule has 2 aliphatic heterocycles. The van der Waals surface area contributed by atoms with Gasteiger partial charge in [0.05, 0.1) is 11.9 Å². The van der Waals surface area contributed by atoms with Crippen molar-refractivity contribution in [2.45, 2.75) is 105 Å². The Hall–Kier alpha value is -0.760. The van der Waals surface area contributed by atoms with Gasteiger partial charge in [0.1, 0.15) is 6.10 Å². The molecule has 3 fully saturated rings. The molecule has 2 bridgehead atoms. The van der Waals surface area contributed by atoms with E-state index in [9.17, 15) is 5.11 Å². The van der Waals surface area contributed by atoms with Crippen LogP contribution in [0.15, 0.2) is 24.0 Å². The van der Waals surface area contributed by atoms with Crippen molar-refractivity contribution in [2.24, 2.45) is 46.3 Å². The second-order valence-electron chi connectivity index (χ2n) is 12.2. The molecule has 0 radical (unpaired) electrons. The number of aliphatic hydroxyl groups excluding tert-OH is 1. The van der Waals surface area contributed by atoms with E-state index in [1.165, 1.54) is 31.4 Å². The molecule has 2 saturated carbocycles. The predicted octanol–water partition coefficient (Wildman–Crippen LogP) is 7.14. The second-order valence-corrected chi connectivity index (χ2v) is 12.2. The van der Waals surface area contributed by atoms with Gasteiger partial charge in [-0.2, -0.15) is 0 Å². The summed E-state index contributed by atoms with van der Waals surface area (Å²) in [5.74, 6) is 5.22. The molecule has 30 heavy (non-hydrogen) atoms. The summed E-state index contributed by atoms with van der Waals surface area (Å²) in [6.07, 6.45) is 16.9. The lowest BCUT2D eigenvalue weighted by Gasteiger charge is -2.46. The number of ether oxygens (including phenoxy) is 1. The Morgan fingerprint density at radius 3 is 2.47 bits per heavy atom. The SMILES string of the molecule is CC(C)[C@H](C)/C=C/[C@@H](C)[C@H]1CC[C@H]2C3=CC[C@H]4C[C@@H](O)CC[C@]4(C)[C@H](CC[C@]12C)O3. The van der Waals surface area contributed by atoms with Crippen LogP contribution < -0.4 is 0 Å². The molecule has 0 spiro atoms. The van der Waals surface area contributed by atoms with Crippen molar-refractivity contribution < 1.29 is 9.84 Å². The molecule has 2 aliphatic carbocycles. The number of hydrogen-bond donors (Lipinski definition) is 1. The van der Waals surface area contributed by atoms with E-state index in [1.54, 1.807) is 0 Å². The highest BCUT2D eigenvalue weighted by atomic mass is 16.5. The van der Waals surface area contributed by atoms with Crippen LogP contribution in [0.5, 0.6) is 0 Å². The number of allylic oxidation sites excluding steroid dienone is 4. The molecule has 4 aliphatic rings. The zero-order valence-corrected chi connectivity index (χ0v) is 20.4. The van der Waals surface area contributed by atoms with Crippen LogP contribution in [0.3, 0.4) is 0 Å². The van der Waals surface area contributed by atoms with Gasteiger partial charge in [-0.05, 0) is 92.4 Å². The fourth-order valence-electron chi connectivity index (χ4n) is 7.51. The van der Waals surface area contributed by atoms with E-state index in [0.717, 1.165) is 31.6 Å². The number of fused-ring (bicyclic) bond motifs is 6. The zero-order chi connectivity index (χ0) is 21.7. The molecule has 4 rings (SSSR count). The average Bonchev–Trinajstić information content (AvgIpc) is 2.88. The van der Waals surface area contributed by atoms with Crippen LogP contribution >= 0.6 is 0 Å². The molecule has 0 amide bonds. The van der Waals surface area contributed by atoms with Crippen molar-refractivity contribution in [3.63, 3.8) is 0 Å². The summed E-state index contributed by atoms with van der Waals surface area (Å²) in [5.41, 5.74) is 0.572. The molecule has 2 heteroatoms. The minimum Gasteiger partial charge on any atom is -0.494 e. The maximum Gasteiger partial charge on any atom is 0.104 e. The third kappa shape index (κ3) is 3.80. The molecular formula is C28H46O2. The average molecular weight is 415 g/mol. The minimum atomic E-state index is -0.108. The second kappa shape index (κ2) is 8.30. The monoisotopic (exact) mass is 414 g/mol. The third-order valence-corrected chi connectivity index (χ3v) is 10.2. The molecule has 0 aromatic heterocycles. The minimum absolute atomic E-state index is 0.108. The Morgan fingerprint density at radius 2 is 1.73 bits per heavy atom. The topological polar surface area (TPSA) is 29.5 Å². The van der Waals surface area contributed by atoms with Crippen LogP contribution in [0.2, 0.25) is 0 Å². The fraction of sp³-hybridized carbons (Fsp3) is 0.857. The molecule has 2 nitrogen and oxygen atoms in total. The Balaban J connectivity index is 1.57. The molecule has 1 N–H and O–H groups in total. The summed E-state index contributed by atoms with van der Waals surface area (Å²) < 4.78 is 6.88. The van der Waals surface area contributed by atoms with E-state index in [2.05, 4.69) is 59.8 Å². The van der Waals surface area contributed by atoms with E-state index in [4.69, 9.17) is 4.74 Å². The van der Waals surface area contributed by atoms with Gasteiger partial charge in [-0.25, -0.2) is 0 Å². The van der Waals surface area contributed by atoms with Gasteiger partial charge in [0.2, 0.25) is 0 Å². The van der Waals surface area contributed by atoms with Crippen LogP contribution in [0.1, 0.15) is 92.9 Å². The molecule has 1 saturated heterocycles. The van der Waals surface area contributed by atoms with Crippen molar-refractivity contribution in [3.05, 3.63) is 24.0 Å². The quantitative estimate of drug-likeness (QED) is 0.495. The zero-order valence-electron chi connectivity index (χ0n) is 20.4. The summed E-state index contributed by atoms with van der Waals surface area (Å²) in [5, 5.41) is 10.3. The third-order valence-electron chi connectivity index (χ3n) is 10.2. The lowest BCUT2D eigenvalue weighted by atomic mass is 9.60. The molecule has 170 valence electrons. The standard InChI is InChI=1S/C28H46O2/c1-18(2)19(3)7-8-20(4)23-10-11-24-25-12-9-21-17-22(29)13-15-27(21,5)26(30-25)14-16-28(23,24)6/h7-8,12,18-24,26,29H,9-11,13-17H2,1-6H3/b8-7+/t19-,20-,21+,22+,23-,24+,26+,27+,28-/m1/s1. The van der Waals surface area contributed by atoms with Gasteiger partial charge < -0.3 is 9.84 Å². The fourth-order valence-corrected chi connectivity index (χ4v) is 7.51. The summed E-state index contributed by atoms with van der Waals surface area (Å²) in [4.78, 5) is 0. The first kappa shape index (κ1) is 22.4. The van der Waals surface area contributed by atoms with E-state index in [1.807, 2.05) is 0 Å². The first-order chi connectivity index (χ1) is 14.1. The Bertz CT molecular complexity index is 678. The van der Waals surface area contributed by atoms with Crippen LogP contribution in [-0.2, 0) is 4.74 Å². The van der Waals surface area contributed by atoms with Crippen molar-refractivity contribution in [1.29, 1.82) is 0 Å². The largest absolute Gasteiger partial charge is 0.494 e. The lowest BCUT2D eigenvalue weighted by Crippen LogP contribution is -2.44. The van der Waals surface area contributed by atoms with E-state index < -0.39 is 0 Å².